The van der Waals surface area contributed by atoms with E-state index in [2.05, 4.69) is 38.5 Å². The minimum absolute atomic E-state index is 0.00128. The monoisotopic (exact) mass is 485 g/mol. The highest BCUT2D eigenvalue weighted by molar-refractivity contribution is 7.80. The smallest absolute Gasteiger partial charge is 0.326 e. The number of amides is 4. The predicted molar refractivity (Wildman–Crippen MR) is 121 cm³/mol. The number of nitrogens with zero attached hydrogens (tertiary/aromatic N) is 1. The first-order valence-corrected chi connectivity index (χ1v) is 10.8. The van der Waals surface area contributed by atoms with Crippen LogP contribution in [0, 0.1) is 5.92 Å². The van der Waals surface area contributed by atoms with Crippen molar-refractivity contribution in [3.63, 3.8) is 0 Å². The lowest BCUT2D eigenvalue weighted by Crippen LogP contribution is -2.58. The Morgan fingerprint density at radius 1 is 1.09 bits per heavy atom. The van der Waals surface area contributed by atoms with Crippen LogP contribution >= 0.6 is 12.6 Å². The molecule has 184 valence electrons. The molecule has 1 rings (SSSR count). The van der Waals surface area contributed by atoms with E-state index < -0.39 is 59.7 Å². The summed E-state index contributed by atoms with van der Waals surface area (Å²) in [7, 11) is 0. The van der Waals surface area contributed by atoms with Crippen LogP contribution in [-0.2, 0) is 30.4 Å². The summed E-state index contributed by atoms with van der Waals surface area (Å²) in [5.41, 5.74) is 11.3. The second-order valence-electron chi connectivity index (χ2n) is 7.77. The van der Waals surface area contributed by atoms with E-state index in [0.717, 1.165) is 0 Å². The summed E-state index contributed by atoms with van der Waals surface area (Å²) < 4.78 is 0. The number of carboxylic acids is 1. The molecule has 4 unspecified atom stereocenters. The minimum atomic E-state index is -1.21. The molecule has 0 aliphatic carbocycles. The van der Waals surface area contributed by atoms with Crippen molar-refractivity contribution in [1.29, 1.82) is 0 Å². The number of hydrogen-bond donors (Lipinski definition) is 8. The number of nitrogens with one attached hydrogen (secondary N) is 4. The quantitative estimate of drug-likeness (QED) is 0.133. The summed E-state index contributed by atoms with van der Waals surface area (Å²) in [6.07, 6.45) is 2.75. The third-order valence-electron chi connectivity index (χ3n) is 4.70. The predicted octanol–water partition coefficient (Wildman–Crippen LogP) is -2.33. The molecule has 14 heteroatoms. The van der Waals surface area contributed by atoms with E-state index in [1.54, 1.807) is 13.8 Å². The largest absolute Gasteiger partial charge is 0.480 e. The van der Waals surface area contributed by atoms with Gasteiger partial charge in [0.1, 0.15) is 18.1 Å². The van der Waals surface area contributed by atoms with Crippen LogP contribution in [-0.4, -0.2) is 74.6 Å². The Labute approximate surface area is 196 Å². The first kappa shape index (κ1) is 27.9. The number of rotatable bonds is 14. The summed E-state index contributed by atoms with van der Waals surface area (Å²) in [5, 5.41) is 16.7. The maximum absolute atomic E-state index is 12.8. The standard InChI is InChI=1S/C19H31N7O6S/c1-9(2)15(19(31)32)26-17(29)12(5-10-6-22-8-23-10)24-18(30)13(7-33)25-16(28)11(20)3-4-14(21)27/h6,8-9,11-13,15,33H,3-5,7,20H2,1-2H3,(H2,21,27)(H,22,23)(H,24,30)(H,25,28)(H,26,29)(H,31,32). The molecule has 0 aliphatic heterocycles. The van der Waals surface area contributed by atoms with Crippen LogP contribution in [0.2, 0.25) is 0 Å². The van der Waals surface area contributed by atoms with E-state index in [-0.39, 0.29) is 25.0 Å². The summed E-state index contributed by atoms with van der Waals surface area (Å²) in [6.45, 7) is 3.27. The lowest BCUT2D eigenvalue weighted by molar-refractivity contribution is -0.143. The fourth-order valence-corrected chi connectivity index (χ4v) is 3.02. The van der Waals surface area contributed by atoms with Gasteiger partial charge in [0.2, 0.25) is 23.6 Å². The fourth-order valence-electron chi connectivity index (χ4n) is 2.77. The molecule has 9 N–H and O–H groups in total. The highest BCUT2D eigenvalue weighted by Gasteiger charge is 2.31. The number of hydrogen-bond acceptors (Lipinski definition) is 8. The molecule has 0 fully saturated rings. The molecule has 0 radical (unpaired) electrons. The van der Waals surface area contributed by atoms with Crippen molar-refractivity contribution >= 4 is 42.2 Å². The number of aliphatic carboxylic acids is 1. The van der Waals surface area contributed by atoms with Gasteiger partial charge in [-0.1, -0.05) is 13.8 Å². The zero-order valence-electron chi connectivity index (χ0n) is 18.4. The van der Waals surface area contributed by atoms with Crippen LogP contribution in [0.4, 0.5) is 0 Å². The van der Waals surface area contributed by atoms with Gasteiger partial charge in [0, 0.05) is 30.5 Å². The minimum Gasteiger partial charge on any atom is -0.480 e. The molecule has 1 heterocycles. The van der Waals surface area contributed by atoms with Crippen LogP contribution in [0.25, 0.3) is 0 Å². The fraction of sp³-hybridized carbons (Fsp3) is 0.579. The number of carboxylic acid groups (broad SMARTS) is 1. The Balaban J connectivity index is 2.92. The van der Waals surface area contributed by atoms with Crippen molar-refractivity contribution in [2.24, 2.45) is 17.4 Å². The molecule has 0 bridgehead atoms. The third kappa shape index (κ3) is 9.49. The van der Waals surface area contributed by atoms with E-state index in [1.807, 2.05) is 0 Å². The summed E-state index contributed by atoms with van der Waals surface area (Å²) in [5.74, 6) is -4.47. The second kappa shape index (κ2) is 13.4. The van der Waals surface area contributed by atoms with Crippen LogP contribution in [0.15, 0.2) is 12.5 Å². The molecule has 0 saturated heterocycles. The molecule has 33 heavy (non-hydrogen) atoms. The number of H-pyrrole nitrogens is 1. The van der Waals surface area contributed by atoms with Crippen molar-refractivity contribution in [2.45, 2.75) is 57.3 Å². The van der Waals surface area contributed by atoms with Crippen molar-refractivity contribution in [3.8, 4) is 0 Å². The molecule has 4 atom stereocenters. The highest BCUT2D eigenvalue weighted by Crippen LogP contribution is 2.06. The maximum atomic E-state index is 12.8. The van der Waals surface area contributed by atoms with Gasteiger partial charge in [0.05, 0.1) is 12.4 Å². The van der Waals surface area contributed by atoms with Crippen LogP contribution in [0.1, 0.15) is 32.4 Å². The Kier molecular flexibility index (Phi) is 11.4. The maximum Gasteiger partial charge on any atom is 0.326 e. The average molecular weight is 486 g/mol. The lowest BCUT2D eigenvalue weighted by atomic mass is 10.0. The molecular formula is C19H31N7O6S. The molecule has 4 amide bonds. The molecule has 0 aliphatic rings. The first-order chi connectivity index (χ1) is 15.5. The van der Waals surface area contributed by atoms with Gasteiger partial charge in [-0.15, -0.1) is 0 Å². The number of nitrogens with two attached hydrogens (primary N) is 2. The van der Waals surface area contributed by atoms with Gasteiger partial charge in [0.25, 0.3) is 0 Å². The van der Waals surface area contributed by atoms with E-state index in [4.69, 9.17) is 11.5 Å². The number of aromatic nitrogens is 2. The van der Waals surface area contributed by atoms with Crippen LogP contribution in [0.3, 0.4) is 0 Å². The zero-order chi connectivity index (χ0) is 25.1. The number of imidazole rings is 1. The van der Waals surface area contributed by atoms with E-state index >= 15 is 0 Å². The second-order valence-corrected chi connectivity index (χ2v) is 8.13. The van der Waals surface area contributed by atoms with E-state index in [1.165, 1.54) is 12.5 Å². The molecule has 0 spiro atoms. The van der Waals surface area contributed by atoms with Gasteiger partial charge in [0.15, 0.2) is 0 Å². The normalized spacial score (nSPS) is 14.6. The summed E-state index contributed by atoms with van der Waals surface area (Å²) in [4.78, 5) is 66.8. The van der Waals surface area contributed by atoms with E-state index in [0.29, 0.717) is 5.69 Å². The van der Waals surface area contributed by atoms with Gasteiger partial charge in [-0.05, 0) is 12.3 Å². The molecule has 1 aromatic rings. The zero-order valence-corrected chi connectivity index (χ0v) is 19.3. The molecule has 13 nitrogen and oxygen atoms in total. The third-order valence-corrected chi connectivity index (χ3v) is 5.06. The van der Waals surface area contributed by atoms with Crippen molar-refractivity contribution in [2.75, 3.05) is 5.75 Å². The number of carbonyl (C=O) groups is 5. The SMILES string of the molecule is CC(C)C(NC(=O)C(Cc1cnc[nH]1)NC(=O)C(CS)NC(=O)C(N)CCC(N)=O)C(=O)O. The number of aromatic amines is 1. The van der Waals surface area contributed by atoms with Crippen molar-refractivity contribution in [1.82, 2.24) is 25.9 Å². The number of carbonyl (C=O) groups excluding carboxylic acids is 4. The van der Waals surface area contributed by atoms with Crippen molar-refractivity contribution in [3.05, 3.63) is 18.2 Å². The molecule has 0 saturated carbocycles. The van der Waals surface area contributed by atoms with Gasteiger partial charge in [-0.2, -0.15) is 12.6 Å². The Hall–Kier alpha value is -3.13. The van der Waals surface area contributed by atoms with Gasteiger partial charge in [-0.3, -0.25) is 19.2 Å². The lowest BCUT2D eigenvalue weighted by Gasteiger charge is -2.25. The Bertz CT molecular complexity index is 833. The van der Waals surface area contributed by atoms with Gasteiger partial charge in [-0.25, -0.2) is 9.78 Å². The van der Waals surface area contributed by atoms with E-state index in [9.17, 15) is 29.1 Å². The van der Waals surface area contributed by atoms with Crippen molar-refractivity contribution < 1.29 is 29.1 Å². The van der Waals surface area contributed by atoms with Gasteiger partial charge < -0.3 is 37.5 Å². The molecule has 0 aromatic carbocycles. The number of thiol groups is 1. The Morgan fingerprint density at radius 3 is 2.18 bits per heavy atom. The average Bonchev–Trinajstić information content (AvgIpc) is 3.25. The van der Waals surface area contributed by atoms with Crippen LogP contribution < -0.4 is 27.4 Å². The number of primary amides is 1. The molecular weight excluding hydrogens is 454 g/mol. The topological polar surface area (TPSA) is 222 Å². The highest BCUT2D eigenvalue weighted by atomic mass is 32.1. The summed E-state index contributed by atoms with van der Waals surface area (Å²) >= 11 is 4.07. The van der Waals surface area contributed by atoms with Gasteiger partial charge >= 0.3 is 5.97 Å². The van der Waals surface area contributed by atoms with Crippen LogP contribution in [0.5, 0.6) is 0 Å². The molecule has 1 aromatic heterocycles. The summed E-state index contributed by atoms with van der Waals surface area (Å²) in [6, 6.07) is -4.54. The Morgan fingerprint density at radius 2 is 1.70 bits per heavy atom. The first-order valence-electron chi connectivity index (χ1n) is 10.2.